The van der Waals surface area contributed by atoms with Crippen LogP contribution in [-0.4, -0.2) is 46.5 Å². The summed E-state index contributed by atoms with van der Waals surface area (Å²) in [4.78, 5) is 26.5. The lowest BCUT2D eigenvalue weighted by Crippen LogP contribution is -2.52. The molecule has 2 unspecified atom stereocenters. The molecule has 3 heterocycles. The van der Waals surface area contributed by atoms with E-state index in [0.717, 1.165) is 41.3 Å². The van der Waals surface area contributed by atoms with Gasteiger partial charge in [-0.3, -0.25) is 4.79 Å². The van der Waals surface area contributed by atoms with E-state index in [1.54, 1.807) is 24.3 Å². The number of hydrogen-bond donors (Lipinski definition) is 1. The molecular formula is C32H29F2N5O5S. The number of nitrogens with one attached hydrogen (secondary N) is 1. The van der Waals surface area contributed by atoms with Gasteiger partial charge >= 0.3 is 5.97 Å². The molecule has 232 valence electrons. The Balaban J connectivity index is 1.40. The number of halogens is 2. The second kappa shape index (κ2) is 11.1. The minimum atomic E-state index is -4.32. The normalized spacial score (nSPS) is 21.2. The summed E-state index contributed by atoms with van der Waals surface area (Å²) in [6.45, 7) is 1.82. The molecular weight excluding hydrogens is 604 g/mol. The van der Waals surface area contributed by atoms with Crippen molar-refractivity contribution in [3.8, 4) is 23.0 Å². The molecule has 2 aromatic carbocycles. The molecule has 13 heteroatoms. The Hall–Kier alpha value is -4.65. The van der Waals surface area contributed by atoms with Gasteiger partial charge in [0.05, 0.1) is 24.2 Å². The van der Waals surface area contributed by atoms with Crippen molar-refractivity contribution in [1.82, 2.24) is 18.9 Å². The van der Waals surface area contributed by atoms with Gasteiger partial charge in [0.15, 0.2) is 17.4 Å². The number of anilines is 1. The molecule has 10 nitrogen and oxygen atoms in total. The number of aromatic nitrogens is 4. The second-order valence-corrected chi connectivity index (χ2v) is 13.4. The number of ether oxygens (including phenoxy) is 1. The summed E-state index contributed by atoms with van der Waals surface area (Å²) in [6.07, 6.45) is 6.35. The summed E-state index contributed by atoms with van der Waals surface area (Å²) in [7, 11) is -2.95. The number of benzene rings is 2. The first-order valence-electron chi connectivity index (χ1n) is 14.6. The Morgan fingerprint density at radius 1 is 1.00 bits per heavy atom. The van der Waals surface area contributed by atoms with Crippen molar-refractivity contribution >= 4 is 32.8 Å². The van der Waals surface area contributed by atoms with Crippen molar-refractivity contribution in [2.75, 3.05) is 12.4 Å². The number of fused-ring (bicyclic) bond motifs is 4. The molecule has 3 aliphatic carbocycles. The van der Waals surface area contributed by atoms with Crippen molar-refractivity contribution in [3.05, 3.63) is 78.2 Å². The highest BCUT2D eigenvalue weighted by molar-refractivity contribution is 7.90. The van der Waals surface area contributed by atoms with Crippen LogP contribution in [0.25, 0.3) is 33.9 Å². The van der Waals surface area contributed by atoms with Crippen molar-refractivity contribution < 1.29 is 31.1 Å². The quantitative estimate of drug-likeness (QED) is 0.216. The number of aryl methyl sites for hydroxylation is 1. The summed E-state index contributed by atoms with van der Waals surface area (Å²) in [5.41, 5.74) is 0.556. The fraction of sp³-hybridized carbons (Fsp3) is 0.312. The number of hydrogen-bond acceptors (Lipinski definition) is 9. The SMILES string of the molecule is COC(=O)C1C2CCC(CC2)C1Nc1nc(-c2ccco2)nc(-c2cn(S(=O)(=O)c3ccc(C)cc3)c3c(F)cc(F)cc23)n1. The van der Waals surface area contributed by atoms with Crippen molar-refractivity contribution in [1.29, 1.82) is 0 Å². The standard InChI is InChI=1S/C32H29F2N5O5S/c1-17-5-11-21(12-6-17)45(41,42)39-16-23(22-14-20(33)15-24(34)28(22)39)29-36-30(25-4-3-13-44-25)38-32(37-29)35-27-19-9-7-18(8-10-19)26(27)31(40)43-2/h3-6,11-16,18-19,26-27H,7-10H2,1-2H3,(H,35,36,37,38). The zero-order valence-electron chi connectivity index (χ0n) is 24.4. The molecule has 2 atom stereocenters. The zero-order valence-corrected chi connectivity index (χ0v) is 25.2. The van der Waals surface area contributed by atoms with E-state index in [-0.39, 0.29) is 62.8 Å². The van der Waals surface area contributed by atoms with E-state index in [0.29, 0.717) is 11.8 Å². The molecule has 3 saturated carbocycles. The van der Waals surface area contributed by atoms with Crippen LogP contribution >= 0.6 is 0 Å². The zero-order chi connectivity index (χ0) is 31.5. The number of esters is 1. The largest absolute Gasteiger partial charge is 0.469 e. The summed E-state index contributed by atoms with van der Waals surface area (Å²) in [6, 6.07) is 10.8. The van der Waals surface area contributed by atoms with E-state index >= 15 is 4.39 Å². The maximum absolute atomic E-state index is 15.4. The molecule has 45 heavy (non-hydrogen) atoms. The highest BCUT2D eigenvalue weighted by Crippen LogP contribution is 2.46. The van der Waals surface area contributed by atoms with Gasteiger partial charge in [0, 0.05) is 29.3 Å². The fourth-order valence-electron chi connectivity index (χ4n) is 6.80. The van der Waals surface area contributed by atoms with Crippen LogP contribution < -0.4 is 5.32 Å². The number of carbonyl (C=O) groups is 1. The van der Waals surface area contributed by atoms with E-state index in [9.17, 15) is 17.6 Å². The lowest BCUT2D eigenvalue weighted by Gasteiger charge is -2.47. The lowest BCUT2D eigenvalue weighted by molar-refractivity contribution is -0.152. The van der Waals surface area contributed by atoms with Crippen LogP contribution in [0.2, 0.25) is 0 Å². The first kappa shape index (κ1) is 29.1. The molecule has 2 bridgehead atoms. The Morgan fingerprint density at radius 2 is 1.71 bits per heavy atom. The minimum absolute atomic E-state index is 0.0395. The smallest absolute Gasteiger partial charge is 0.311 e. The van der Waals surface area contributed by atoms with Crippen LogP contribution in [0.1, 0.15) is 31.2 Å². The Kier molecular flexibility index (Phi) is 7.15. The van der Waals surface area contributed by atoms with Crippen LogP contribution in [0, 0.1) is 36.3 Å². The monoisotopic (exact) mass is 633 g/mol. The van der Waals surface area contributed by atoms with Gasteiger partial charge < -0.3 is 14.5 Å². The van der Waals surface area contributed by atoms with E-state index in [2.05, 4.69) is 20.3 Å². The van der Waals surface area contributed by atoms with Crippen molar-refractivity contribution in [2.24, 2.45) is 17.8 Å². The molecule has 0 aliphatic heterocycles. The van der Waals surface area contributed by atoms with Crippen LogP contribution in [0.4, 0.5) is 14.7 Å². The van der Waals surface area contributed by atoms with Gasteiger partial charge in [-0.25, -0.2) is 26.2 Å². The third kappa shape index (κ3) is 5.04. The number of nitrogens with zero attached hydrogens (tertiary/aromatic N) is 4. The van der Waals surface area contributed by atoms with Crippen LogP contribution in [0.3, 0.4) is 0 Å². The molecule has 0 saturated heterocycles. The number of furan rings is 1. The van der Waals surface area contributed by atoms with Crippen molar-refractivity contribution in [3.63, 3.8) is 0 Å². The first-order valence-corrected chi connectivity index (χ1v) is 16.0. The first-order chi connectivity index (χ1) is 21.6. The van der Waals surface area contributed by atoms with Gasteiger partial charge in [0.25, 0.3) is 10.0 Å². The highest BCUT2D eigenvalue weighted by atomic mass is 32.2. The molecule has 5 aromatic rings. The maximum Gasteiger partial charge on any atom is 0.311 e. The average molecular weight is 634 g/mol. The molecule has 1 N–H and O–H groups in total. The van der Waals surface area contributed by atoms with Gasteiger partial charge in [-0.2, -0.15) is 9.97 Å². The van der Waals surface area contributed by atoms with Crippen LogP contribution in [0.5, 0.6) is 0 Å². The van der Waals surface area contributed by atoms with E-state index < -0.39 is 27.6 Å². The Bertz CT molecular complexity index is 2020. The third-order valence-electron chi connectivity index (χ3n) is 8.97. The molecule has 3 aliphatic rings. The fourth-order valence-corrected chi connectivity index (χ4v) is 8.17. The van der Waals surface area contributed by atoms with Gasteiger partial charge in [-0.1, -0.05) is 17.7 Å². The molecule has 3 fully saturated rings. The minimum Gasteiger partial charge on any atom is -0.469 e. The molecule has 0 radical (unpaired) electrons. The average Bonchev–Trinajstić information content (AvgIpc) is 3.71. The second-order valence-electron chi connectivity index (χ2n) is 11.6. The third-order valence-corrected chi connectivity index (χ3v) is 10.6. The predicted molar refractivity (Wildman–Crippen MR) is 161 cm³/mol. The van der Waals surface area contributed by atoms with Gasteiger partial charge in [-0.05, 0) is 74.8 Å². The summed E-state index contributed by atoms with van der Waals surface area (Å²) in [5.74, 6) is -1.86. The van der Waals surface area contributed by atoms with E-state index in [4.69, 9.17) is 9.15 Å². The van der Waals surface area contributed by atoms with E-state index in [1.165, 1.54) is 31.7 Å². The molecule has 8 rings (SSSR count). The van der Waals surface area contributed by atoms with E-state index in [1.807, 2.05) is 6.92 Å². The van der Waals surface area contributed by atoms with Gasteiger partial charge in [0.2, 0.25) is 11.8 Å². The maximum atomic E-state index is 15.4. The van der Waals surface area contributed by atoms with Crippen LogP contribution in [-0.2, 0) is 19.6 Å². The Labute approximate surface area is 257 Å². The lowest BCUT2D eigenvalue weighted by atomic mass is 9.61. The number of methoxy groups -OCH3 is 1. The summed E-state index contributed by atoms with van der Waals surface area (Å²) in [5, 5.41) is 3.30. The number of rotatable bonds is 7. The predicted octanol–water partition coefficient (Wildman–Crippen LogP) is 5.97. The topological polar surface area (TPSA) is 129 Å². The molecule has 3 aromatic heterocycles. The molecule has 0 spiro atoms. The Morgan fingerprint density at radius 3 is 2.40 bits per heavy atom. The summed E-state index contributed by atoms with van der Waals surface area (Å²) < 4.78 is 69.2. The highest BCUT2D eigenvalue weighted by Gasteiger charge is 2.48. The van der Waals surface area contributed by atoms with Crippen LogP contribution in [0.15, 0.2) is 70.3 Å². The van der Waals surface area contributed by atoms with Gasteiger partial charge in [-0.15, -0.1) is 0 Å². The number of carbonyl (C=O) groups excluding carboxylic acids is 1. The van der Waals surface area contributed by atoms with Gasteiger partial charge in [0.1, 0.15) is 11.3 Å². The van der Waals surface area contributed by atoms with Crippen molar-refractivity contribution in [2.45, 2.75) is 43.5 Å². The molecule has 0 amide bonds. The summed E-state index contributed by atoms with van der Waals surface area (Å²) >= 11 is 0.